The van der Waals surface area contributed by atoms with Crippen molar-refractivity contribution in [2.45, 2.75) is 30.4 Å². The largest absolute Gasteiger partial charge is 0.469 e. The van der Waals surface area contributed by atoms with Crippen LogP contribution in [0, 0.1) is 17.2 Å². The molecule has 0 spiro atoms. The number of ether oxygens (including phenoxy) is 1. The SMILES string of the molecule is COC(=O)C1C(c2ccc(SCc3ccccc3)c(F)c2)C1(C)C. The minimum atomic E-state index is -0.222. The molecule has 0 heterocycles. The van der Waals surface area contributed by atoms with E-state index in [0.29, 0.717) is 4.90 Å². The summed E-state index contributed by atoms with van der Waals surface area (Å²) in [6.45, 7) is 4.05. The Kier molecular flexibility index (Phi) is 4.68. The van der Waals surface area contributed by atoms with Gasteiger partial charge in [-0.25, -0.2) is 4.39 Å². The quantitative estimate of drug-likeness (QED) is 0.562. The van der Waals surface area contributed by atoms with Crippen LogP contribution in [0.25, 0.3) is 0 Å². The third-order valence-electron chi connectivity index (χ3n) is 4.83. The highest BCUT2D eigenvalue weighted by atomic mass is 32.2. The first-order valence-electron chi connectivity index (χ1n) is 7.99. The fraction of sp³-hybridized carbons (Fsp3) is 0.350. The van der Waals surface area contributed by atoms with Gasteiger partial charge in [-0.1, -0.05) is 50.2 Å². The first kappa shape index (κ1) is 17.0. The monoisotopic (exact) mass is 344 g/mol. The van der Waals surface area contributed by atoms with Crippen molar-refractivity contribution in [1.82, 2.24) is 0 Å². The maximum Gasteiger partial charge on any atom is 0.309 e. The van der Waals surface area contributed by atoms with E-state index < -0.39 is 0 Å². The molecule has 1 aliphatic carbocycles. The predicted octanol–water partition coefficient (Wildman–Crippen LogP) is 5.03. The maximum absolute atomic E-state index is 14.5. The number of hydrogen-bond donors (Lipinski definition) is 0. The van der Waals surface area contributed by atoms with Gasteiger partial charge < -0.3 is 4.74 Å². The summed E-state index contributed by atoms with van der Waals surface area (Å²) in [5, 5.41) is 0. The van der Waals surface area contributed by atoms with Crippen molar-refractivity contribution < 1.29 is 13.9 Å². The highest BCUT2D eigenvalue weighted by Crippen LogP contribution is 2.64. The lowest BCUT2D eigenvalue weighted by atomic mass is 10.0. The third-order valence-corrected chi connectivity index (χ3v) is 5.95. The van der Waals surface area contributed by atoms with Crippen LogP contribution in [-0.4, -0.2) is 13.1 Å². The Hall–Kier alpha value is -1.81. The molecule has 2 aromatic carbocycles. The highest BCUT2D eigenvalue weighted by Gasteiger charge is 2.63. The van der Waals surface area contributed by atoms with Crippen LogP contribution in [0.3, 0.4) is 0 Å². The minimum absolute atomic E-state index is 0.0209. The number of benzene rings is 2. The molecule has 1 fully saturated rings. The predicted molar refractivity (Wildman–Crippen MR) is 94.4 cm³/mol. The van der Waals surface area contributed by atoms with Crippen molar-refractivity contribution in [3.05, 3.63) is 65.5 Å². The van der Waals surface area contributed by atoms with E-state index in [2.05, 4.69) is 0 Å². The number of esters is 1. The van der Waals surface area contributed by atoms with Crippen molar-refractivity contribution in [2.75, 3.05) is 7.11 Å². The molecule has 1 saturated carbocycles. The lowest BCUT2D eigenvalue weighted by Crippen LogP contribution is -2.07. The van der Waals surface area contributed by atoms with Crippen molar-refractivity contribution >= 4 is 17.7 Å². The lowest BCUT2D eigenvalue weighted by Gasteiger charge is -2.07. The maximum atomic E-state index is 14.5. The first-order valence-corrected chi connectivity index (χ1v) is 8.97. The Balaban J connectivity index is 1.73. The summed E-state index contributed by atoms with van der Waals surface area (Å²) in [6.07, 6.45) is 0. The van der Waals surface area contributed by atoms with Crippen molar-refractivity contribution in [3.8, 4) is 0 Å². The molecule has 2 unspecified atom stereocenters. The molecule has 0 bridgehead atoms. The number of thioether (sulfide) groups is 1. The molecule has 126 valence electrons. The van der Waals surface area contributed by atoms with Gasteiger partial charge in [0.25, 0.3) is 0 Å². The number of carbonyl (C=O) groups excluding carboxylic acids is 1. The van der Waals surface area contributed by atoms with Crippen LogP contribution >= 0.6 is 11.8 Å². The van der Waals surface area contributed by atoms with Gasteiger partial charge in [0.1, 0.15) is 5.82 Å². The van der Waals surface area contributed by atoms with Crippen LogP contribution in [0.2, 0.25) is 0 Å². The van der Waals surface area contributed by atoms with Gasteiger partial charge >= 0.3 is 5.97 Å². The Morgan fingerprint density at radius 1 is 1.21 bits per heavy atom. The summed E-state index contributed by atoms with van der Waals surface area (Å²) < 4.78 is 19.3. The summed E-state index contributed by atoms with van der Waals surface area (Å²) >= 11 is 1.49. The molecule has 0 aliphatic heterocycles. The minimum Gasteiger partial charge on any atom is -0.469 e. The zero-order valence-corrected chi connectivity index (χ0v) is 14.9. The van der Waals surface area contributed by atoms with Crippen LogP contribution in [0.1, 0.15) is 30.9 Å². The Labute approximate surface area is 146 Å². The third kappa shape index (κ3) is 3.20. The van der Waals surface area contributed by atoms with Gasteiger partial charge in [0, 0.05) is 16.6 Å². The van der Waals surface area contributed by atoms with Crippen molar-refractivity contribution in [3.63, 3.8) is 0 Å². The van der Waals surface area contributed by atoms with Crippen LogP contribution in [0.15, 0.2) is 53.4 Å². The van der Waals surface area contributed by atoms with E-state index in [1.807, 2.05) is 56.3 Å². The molecular formula is C20H21FO2S. The number of rotatable bonds is 5. The Morgan fingerprint density at radius 3 is 2.54 bits per heavy atom. The fourth-order valence-corrected chi connectivity index (χ4v) is 4.27. The molecule has 0 aromatic heterocycles. The second kappa shape index (κ2) is 6.60. The average molecular weight is 344 g/mol. The van der Waals surface area contributed by atoms with Crippen molar-refractivity contribution in [2.24, 2.45) is 11.3 Å². The second-order valence-corrected chi connectivity index (χ2v) is 7.78. The van der Waals surface area contributed by atoms with E-state index in [9.17, 15) is 9.18 Å². The second-order valence-electron chi connectivity index (χ2n) is 6.76. The molecular weight excluding hydrogens is 323 g/mol. The van der Waals surface area contributed by atoms with E-state index in [0.717, 1.165) is 11.3 Å². The molecule has 2 atom stereocenters. The molecule has 0 N–H and O–H groups in total. The summed E-state index contributed by atoms with van der Waals surface area (Å²) in [6, 6.07) is 15.3. The summed E-state index contributed by atoms with van der Waals surface area (Å²) in [5.41, 5.74) is 1.86. The van der Waals surface area contributed by atoms with E-state index in [-0.39, 0.29) is 29.0 Å². The summed E-state index contributed by atoms with van der Waals surface area (Å²) in [7, 11) is 1.40. The van der Waals surface area contributed by atoms with Crippen LogP contribution in [0.5, 0.6) is 0 Å². The van der Waals surface area contributed by atoms with Gasteiger partial charge in [0.05, 0.1) is 13.0 Å². The van der Waals surface area contributed by atoms with Crippen LogP contribution in [0.4, 0.5) is 4.39 Å². The number of hydrogen-bond acceptors (Lipinski definition) is 3. The van der Waals surface area contributed by atoms with E-state index in [1.54, 1.807) is 6.07 Å². The standard InChI is InChI=1S/C20H21FO2S/c1-20(2)17(18(20)19(22)23-3)14-9-10-16(15(21)11-14)24-12-13-7-5-4-6-8-13/h4-11,17-18H,12H2,1-3H3. The summed E-state index contributed by atoms with van der Waals surface area (Å²) in [4.78, 5) is 12.5. The average Bonchev–Trinajstić information content (AvgIpc) is 3.16. The topological polar surface area (TPSA) is 26.3 Å². The smallest absolute Gasteiger partial charge is 0.309 e. The van der Waals surface area contributed by atoms with Gasteiger partial charge in [-0.3, -0.25) is 4.79 Å². The van der Waals surface area contributed by atoms with Crippen LogP contribution < -0.4 is 0 Å². The first-order chi connectivity index (χ1) is 11.4. The number of halogens is 1. The normalized spacial score (nSPS) is 21.3. The van der Waals surface area contributed by atoms with Crippen molar-refractivity contribution in [1.29, 1.82) is 0 Å². The fourth-order valence-electron chi connectivity index (χ4n) is 3.39. The van der Waals surface area contributed by atoms with E-state index >= 15 is 0 Å². The van der Waals surface area contributed by atoms with Gasteiger partial charge in [-0.05, 0) is 28.7 Å². The highest BCUT2D eigenvalue weighted by molar-refractivity contribution is 7.98. The molecule has 3 rings (SSSR count). The number of methoxy groups -OCH3 is 1. The molecule has 2 aromatic rings. The van der Waals surface area contributed by atoms with Gasteiger partial charge in [0.15, 0.2) is 0 Å². The Bertz CT molecular complexity index is 743. The molecule has 24 heavy (non-hydrogen) atoms. The zero-order valence-electron chi connectivity index (χ0n) is 14.1. The molecule has 0 radical (unpaired) electrons. The molecule has 0 amide bonds. The molecule has 1 aliphatic rings. The summed E-state index contributed by atoms with van der Waals surface area (Å²) in [5.74, 6) is 0.126. The van der Waals surface area contributed by atoms with Gasteiger partial charge in [-0.15, -0.1) is 11.8 Å². The molecule has 4 heteroatoms. The Morgan fingerprint density at radius 2 is 1.92 bits per heavy atom. The van der Waals surface area contributed by atoms with Gasteiger partial charge in [-0.2, -0.15) is 0 Å². The number of carbonyl (C=O) groups is 1. The van der Waals surface area contributed by atoms with Gasteiger partial charge in [0.2, 0.25) is 0 Å². The van der Waals surface area contributed by atoms with E-state index in [1.165, 1.54) is 24.4 Å². The zero-order chi connectivity index (χ0) is 17.3. The lowest BCUT2D eigenvalue weighted by molar-refractivity contribution is -0.143. The molecule has 0 saturated heterocycles. The molecule has 2 nitrogen and oxygen atoms in total. The van der Waals surface area contributed by atoms with E-state index in [4.69, 9.17) is 4.74 Å². The van der Waals surface area contributed by atoms with Crippen LogP contribution in [-0.2, 0) is 15.3 Å².